The number of rotatable bonds is 3. The first-order valence-corrected chi connectivity index (χ1v) is 7.57. The normalized spacial score (nSPS) is 16.6. The fourth-order valence-electron chi connectivity index (χ4n) is 2.49. The van der Waals surface area contributed by atoms with Crippen LogP contribution >= 0.6 is 15.9 Å². The molecule has 3 rings (SSSR count). The van der Waals surface area contributed by atoms with Crippen molar-refractivity contribution < 1.29 is 0 Å². The van der Waals surface area contributed by atoms with E-state index in [0.29, 0.717) is 0 Å². The Hall–Kier alpha value is -1.40. The number of hydrogen-bond acceptors (Lipinski definition) is 4. The van der Waals surface area contributed by atoms with Gasteiger partial charge in [0.2, 0.25) is 0 Å². The van der Waals surface area contributed by atoms with Crippen molar-refractivity contribution in [3.05, 3.63) is 40.9 Å². The summed E-state index contributed by atoms with van der Waals surface area (Å²) in [5.41, 5.74) is 1.29. The van der Waals surface area contributed by atoms with Gasteiger partial charge in [0.1, 0.15) is 12.2 Å². The zero-order chi connectivity index (χ0) is 13.9. The second kappa shape index (κ2) is 5.93. The quantitative estimate of drug-likeness (QED) is 0.858. The molecule has 1 aromatic carbocycles. The minimum atomic E-state index is 0.878. The maximum atomic E-state index is 4.15. The molecule has 0 atom stereocenters. The smallest absolute Gasteiger partial charge is 0.146 e. The number of piperazine rings is 1. The highest BCUT2D eigenvalue weighted by atomic mass is 79.9. The first kappa shape index (κ1) is 13.6. The SMILES string of the molecule is Cn1cnnc1CN1CCN(c2cccc(Br)c2)CC1. The van der Waals surface area contributed by atoms with Gasteiger partial charge in [0.05, 0.1) is 6.54 Å². The van der Waals surface area contributed by atoms with E-state index in [1.807, 2.05) is 11.6 Å². The fourth-order valence-corrected chi connectivity index (χ4v) is 2.87. The van der Waals surface area contributed by atoms with Crippen LogP contribution in [0.3, 0.4) is 0 Å². The number of benzene rings is 1. The van der Waals surface area contributed by atoms with Crippen molar-refractivity contribution in [1.29, 1.82) is 0 Å². The van der Waals surface area contributed by atoms with Gasteiger partial charge >= 0.3 is 0 Å². The molecule has 1 saturated heterocycles. The van der Waals surface area contributed by atoms with Crippen molar-refractivity contribution in [2.24, 2.45) is 7.05 Å². The molecule has 1 aliphatic heterocycles. The van der Waals surface area contributed by atoms with Gasteiger partial charge in [-0.1, -0.05) is 22.0 Å². The lowest BCUT2D eigenvalue weighted by Gasteiger charge is -2.35. The van der Waals surface area contributed by atoms with Gasteiger partial charge in [0, 0.05) is 43.4 Å². The molecule has 0 N–H and O–H groups in total. The van der Waals surface area contributed by atoms with Crippen LogP contribution in [-0.4, -0.2) is 45.8 Å². The third kappa shape index (κ3) is 3.02. The number of aromatic nitrogens is 3. The number of anilines is 1. The lowest BCUT2D eigenvalue weighted by Crippen LogP contribution is -2.46. The Bertz CT molecular complexity index is 574. The Morgan fingerprint density at radius 3 is 2.65 bits per heavy atom. The van der Waals surface area contributed by atoms with Crippen molar-refractivity contribution in [3.8, 4) is 0 Å². The third-order valence-electron chi connectivity index (χ3n) is 3.72. The monoisotopic (exact) mass is 335 g/mol. The van der Waals surface area contributed by atoms with E-state index >= 15 is 0 Å². The summed E-state index contributed by atoms with van der Waals surface area (Å²) in [6, 6.07) is 8.50. The molecule has 0 amide bonds. The van der Waals surface area contributed by atoms with E-state index in [1.54, 1.807) is 6.33 Å². The Balaban J connectivity index is 1.58. The number of halogens is 1. The van der Waals surface area contributed by atoms with Crippen molar-refractivity contribution >= 4 is 21.6 Å². The van der Waals surface area contributed by atoms with Gasteiger partial charge in [-0.15, -0.1) is 10.2 Å². The Morgan fingerprint density at radius 2 is 2.00 bits per heavy atom. The van der Waals surface area contributed by atoms with Gasteiger partial charge in [-0.05, 0) is 18.2 Å². The summed E-state index contributed by atoms with van der Waals surface area (Å²) in [6.45, 7) is 5.09. The van der Waals surface area contributed by atoms with E-state index in [1.165, 1.54) is 5.69 Å². The fraction of sp³-hybridized carbons (Fsp3) is 0.429. The van der Waals surface area contributed by atoms with Gasteiger partial charge in [-0.2, -0.15) is 0 Å². The highest BCUT2D eigenvalue weighted by Crippen LogP contribution is 2.21. The molecule has 0 bridgehead atoms. The summed E-state index contributed by atoms with van der Waals surface area (Å²) < 4.78 is 3.12. The van der Waals surface area contributed by atoms with Crippen LogP contribution in [0.1, 0.15) is 5.82 Å². The van der Waals surface area contributed by atoms with Crippen LogP contribution in [0.2, 0.25) is 0 Å². The van der Waals surface area contributed by atoms with Gasteiger partial charge in [-0.3, -0.25) is 4.90 Å². The third-order valence-corrected chi connectivity index (χ3v) is 4.21. The molecule has 0 radical (unpaired) electrons. The molecule has 20 heavy (non-hydrogen) atoms. The predicted molar refractivity (Wildman–Crippen MR) is 82.6 cm³/mol. The molecule has 2 aromatic rings. The lowest BCUT2D eigenvalue weighted by atomic mass is 10.2. The summed E-state index contributed by atoms with van der Waals surface area (Å²) >= 11 is 3.53. The summed E-state index contributed by atoms with van der Waals surface area (Å²) in [7, 11) is 1.99. The van der Waals surface area contributed by atoms with Crippen LogP contribution in [0, 0.1) is 0 Å². The average Bonchev–Trinajstić information content (AvgIpc) is 2.85. The number of nitrogens with zero attached hydrogens (tertiary/aromatic N) is 5. The molecule has 6 heteroatoms. The molecule has 0 unspecified atom stereocenters. The van der Waals surface area contributed by atoms with Crippen LogP contribution in [0.25, 0.3) is 0 Å². The van der Waals surface area contributed by atoms with E-state index in [4.69, 9.17) is 0 Å². The minimum Gasteiger partial charge on any atom is -0.369 e. The first-order valence-electron chi connectivity index (χ1n) is 6.78. The van der Waals surface area contributed by atoms with Crippen LogP contribution < -0.4 is 4.90 Å². The van der Waals surface area contributed by atoms with Crippen LogP contribution in [-0.2, 0) is 13.6 Å². The van der Waals surface area contributed by atoms with E-state index < -0.39 is 0 Å². The summed E-state index contributed by atoms with van der Waals surface area (Å²) in [6.07, 6.45) is 1.76. The van der Waals surface area contributed by atoms with Crippen LogP contribution in [0.15, 0.2) is 35.1 Å². The Morgan fingerprint density at radius 1 is 1.20 bits per heavy atom. The predicted octanol–water partition coefficient (Wildman–Crippen LogP) is 1.90. The highest BCUT2D eigenvalue weighted by Gasteiger charge is 2.18. The molecule has 2 heterocycles. The first-order chi connectivity index (χ1) is 9.72. The molecular formula is C14H18BrN5. The molecule has 0 aliphatic carbocycles. The number of hydrogen-bond donors (Lipinski definition) is 0. The highest BCUT2D eigenvalue weighted by molar-refractivity contribution is 9.10. The van der Waals surface area contributed by atoms with Crippen LogP contribution in [0.5, 0.6) is 0 Å². The minimum absolute atomic E-state index is 0.878. The Kier molecular flexibility index (Phi) is 4.03. The maximum Gasteiger partial charge on any atom is 0.146 e. The summed E-state index contributed by atoms with van der Waals surface area (Å²) in [5.74, 6) is 1.03. The van der Waals surface area contributed by atoms with E-state index in [9.17, 15) is 0 Å². The topological polar surface area (TPSA) is 37.2 Å². The molecule has 5 nitrogen and oxygen atoms in total. The maximum absolute atomic E-state index is 4.15. The zero-order valence-electron chi connectivity index (χ0n) is 11.5. The van der Waals surface area contributed by atoms with Crippen molar-refractivity contribution in [2.45, 2.75) is 6.54 Å². The largest absolute Gasteiger partial charge is 0.369 e. The van der Waals surface area contributed by atoms with Crippen molar-refractivity contribution in [2.75, 3.05) is 31.1 Å². The standard InChI is InChI=1S/C14H18BrN5/c1-18-11-16-17-14(18)10-19-5-7-20(8-6-19)13-4-2-3-12(15)9-13/h2-4,9,11H,5-8,10H2,1H3. The molecule has 1 aliphatic rings. The second-order valence-corrected chi connectivity index (χ2v) is 6.02. The molecule has 1 fully saturated rings. The summed E-state index contributed by atoms with van der Waals surface area (Å²) in [5, 5.41) is 8.08. The lowest BCUT2D eigenvalue weighted by molar-refractivity contribution is 0.241. The molecule has 1 aromatic heterocycles. The second-order valence-electron chi connectivity index (χ2n) is 5.10. The van der Waals surface area contributed by atoms with Crippen molar-refractivity contribution in [1.82, 2.24) is 19.7 Å². The van der Waals surface area contributed by atoms with Crippen LogP contribution in [0.4, 0.5) is 5.69 Å². The average molecular weight is 336 g/mol. The van der Waals surface area contributed by atoms with Crippen molar-refractivity contribution in [3.63, 3.8) is 0 Å². The molecule has 0 saturated carbocycles. The van der Waals surface area contributed by atoms with E-state index in [0.717, 1.165) is 43.0 Å². The Labute approximate surface area is 127 Å². The van der Waals surface area contributed by atoms with Gasteiger partial charge in [0.25, 0.3) is 0 Å². The van der Waals surface area contributed by atoms with E-state index in [-0.39, 0.29) is 0 Å². The van der Waals surface area contributed by atoms with Gasteiger partial charge < -0.3 is 9.47 Å². The zero-order valence-corrected chi connectivity index (χ0v) is 13.1. The van der Waals surface area contributed by atoms with Gasteiger partial charge in [0.15, 0.2) is 0 Å². The summed E-state index contributed by atoms with van der Waals surface area (Å²) in [4.78, 5) is 4.86. The molecular weight excluding hydrogens is 318 g/mol. The molecule has 0 spiro atoms. The van der Waals surface area contributed by atoms with E-state index in [2.05, 4.69) is 60.2 Å². The van der Waals surface area contributed by atoms with Gasteiger partial charge in [-0.25, -0.2) is 0 Å². The number of aryl methyl sites for hydroxylation is 1. The molecule has 106 valence electrons.